The van der Waals surface area contributed by atoms with Gasteiger partial charge in [-0.3, -0.25) is 4.98 Å². The Kier molecular flexibility index (Phi) is 6.20. The summed E-state index contributed by atoms with van der Waals surface area (Å²) in [7, 11) is 0. The van der Waals surface area contributed by atoms with E-state index in [1.165, 1.54) is 36.9 Å². The highest BCUT2D eigenvalue weighted by molar-refractivity contribution is 5.24. The van der Waals surface area contributed by atoms with Gasteiger partial charge in [0.15, 0.2) is 0 Å². The lowest BCUT2D eigenvalue weighted by Gasteiger charge is -2.12. The SMILES string of the molecule is CCCCc1ccc(C(C)N)nc1CCCC. The quantitative estimate of drug-likeness (QED) is 0.779. The lowest BCUT2D eigenvalue weighted by Crippen LogP contribution is -2.10. The van der Waals surface area contributed by atoms with Crippen molar-refractivity contribution >= 4 is 0 Å². The molecule has 0 radical (unpaired) electrons. The second kappa shape index (κ2) is 7.44. The summed E-state index contributed by atoms with van der Waals surface area (Å²) in [5.41, 5.74) is 9.62. The highest BCUT2D eigenvalue weighted by atomic mass is 14.8. The molecule has 17 heavy (non-hydrogen) atoms. The fourth-order valence-electron chi connectivity index (χ4n) is 1.96. The summed E-state index contributed by atoms with van der Waals surface area (Å²) in [5, 5.41) is 0. The lowest BCUT2D eigenvalue weighted by molar-refractivity contribution is 0.714. The van der Waals surface area contributed by atoms with Crippen molar-refractivity contribution in [3.8, 4) is 0 Å². The molecule has 0 amide bonds. The highest BCUT2D eigenvalue weighted by Gasteiger charge is 2.07. The van der Waals surface area contributed by atoms with E-state index in [-0.39, 0.29) is 6.04 Å². The van der Waals surface area contributed by atoms with Gasteiger partial charge in [-0.15, -0.1) is 0 Å². The number of unbranched alkanes of at least 4 members (excludes halogenated alkanes) is 2. The first-order chi connectivity index (χ1) is 8.19. The van der Waals surface area contributed by atoms with E-state index in [9.17, 15) is 0 Å². The van der Waals surface area contributed by atoms with Crippen LogP contribution in [0.2, 0.25) is 0 Å². The molecule has 0 fully saturated rings. The number of nitrogens with zero attached hydrogens (tertiary/aromatic N) is 1. The molecule has 1 atom stereocenters. The predicted octanol–water partition coefficient (Wildman–Crippen LogP) is 3.79. The van der Waals surface area contributed by atoms with Crippen LogP contribution in [-0.4, -0.2) is 4.98 Å². The maximum absolute atomic E-state index is 5.90. The predicted molar refractivity (Wildman–Crippen MR) is 74.1 cm³/mol. The number of pyridine rings is 1. The maximum atomic E-state index is 5.90. The summed E-state index contributed by atoms with van der Waals surface area (Å²) >= 11 is 0. The van der Waals surface area contributed by atoms with Crippen molar-refractivity contribution in [2.24, 2.45) is 5.73 Å². The molecule has 1 rings (SSSR count). The van der Waals surface area contributed by atoms with Crippen molar-refractivity contribution in [1.29, 1.82) is 0 Å². The minimum atomic E-state index is 0.0376. The molecule has 1 heterocycles. The summed E-state index contributed by atoms with van der Waals surface area (Å²) in [4.78, 5) is 4.74. The van der Waals surface area contributed by atoms with Gasteiger partial charge in [-0.2, -0.15) is 0 Å². The first kappa shape index (κ1) is 14.2. The van der Waals surface area contributed by atoms with Gasteiger partial charge in [0, 0.05) is 11.7 Å². The van der Waals surface area contributed by atoms with Crippen LogP contribution in [0.25, 0.3) is 0 Å². The highest BCUT2D eigenvalue weighted by Crippen LogP contribution is 2.16. The standard InChI is InChI=1S/C15H26N2/c1-4-6-8-13-10-11-14(12(3)16)17-15(13)9-7-5-2/h10-12H,4-9,16H2,1-3H3. The molecule has 0 aliphatic heterocycles. The van der Waals surface area contributed by atoms with Crippen molar-refractivity contribution < 1.29 is 0 Å². The number of aryl methyl sites for hydroxylation is 2. The van der Waals surface area contributed by atoms with E-state index in [1.807, 2.05) is 6.92 Å². The topological polar surface area (TPSA) is 38.9 Å². The molecule has 0 bridgehead atoms. The minimum Gasteiger partial charge on any atom is -0.323 e. The lowest BCUT2D eigenvalue weighted by atomic mass is 10.0. The second-order valence-corrected chi connectivity index (χ2v) is 4.84. The monoisotopic (exact) mass is 234 g/mol. The molecule has 2 nitrogen and oxygen atoms in total. The average molecular weight is 234 g/mol. The molecule has 2 heteroatoms. The smallest absolute Gasteiger partial charge is 0.0571 e. The number of aromatic nitrogens is 1. The third-order valence-corrected chi connectivity index (χ3v) is 3.12. The van der Waals surface area contributed by atoms with Crippen molar-refractivity contribution in [2.75, 3.05) is 0 Å². The normalized spacial score (nSPS) is 12.7. The largest absolute Gasteiger partial charge is 0.323 e. The maximum Gasteiger partial charge on any atom is 0.0571 e. The van der Waals surface area contributed by atoms with Gasteiger partial charge in [0.05, 0.1) is 5.69 Å². The van der Waals surface area contributed by atoms with Gasteiger partial charge < -0.3 is 5.73 Å². The zero-order valence-electron chi connectivity index (χ0n) is 11.5. The molecule has 0 aliphatic rings. The van der Waals surface area contributed by atoms with Gasteiger partial charge in [0.25, 0.3) is 0 Å². The fraction of sp³-hybridized carbons (Fsp3) is 0.667. The van der Waals surface area contributed by atoms with Crippen LogP contribution in [0.1, 0.15) is 69.4 Å². The summed E-state index contributed by atoms with van der Waals surface area (Å²) in [5.74, 6) is 0. The van der Waals surface area contributed by atoms with E-state index in [1.54, 1.807) is 0 Å². The zero-order chi connectivity index (χ0) is 12.7. The van der Waals surface area contributed by atoms with Gasteiger partial charge in [-0.05, 0) is 44.2 Å². The zero-order valence-corrected chi connectivity index (χ0v) is 11.5. The summed E-state index contributed by atoms with van der Waals surface area (Å²) < 4.78 is 0. The van der Waals surface area contributed by atoms with Crippen molar-refractivity contribution in [2.45, 2.75) is 65.3 Å². The Bertz CT molecular complexity index is 332. The Balaban J connectivity index is 2.86. The minimum absolute atomic E-state index is 0.0376. The number of hydrogen-bond acceptors (Lipinski definition) is 2. The number of rotatable bonds is 7. The Hall–Kier alpha value is -0.890. The molecule has 0 saturated heterocycles. The van der Waals surface area contributed by atoms with E-state index in [4.69, 9.17) is 10.7 Å². The van der Waals surface area contributed by atoms with Gasteiger partial charge in [-0.1, -0.05) is 32.8 Å². The average Bonchev–Trinajstić information content (AvgIpc) is 2.34. The Morgan fingerprint density at radius 3 is 2.35 bits per heavy atom. The van der Waals surface area contributed by atoms with Crippen LogP contribution in [-0.2, 0) is 12.8 Å². The van der Waals surface area contributed by atoms with E-state index in [0.29, 0.717) is 0 Å². The van der Waals surface area contributed by atoms with Crippen LogP contribution in [0.3, 0.4) is 0 Å². The Morgan fingerprint density at radius 1 is 1.12 bits per heavy atom. The van der Waals surface area contributed by atoms with Crippen LogP contribution < -0.4 is 5.73 Å². The Morgan fingerprint density at radius 2 is 1.76 bits per heavy atom. The Labute approximate surface area is 106 Å². The summed E-state index contributed by atoms with van der Waals surface area (Å²) in [6, 6.07) is 4.35. The van der Waals surface area contributed by atoms with Crippen molar-refractivity contribution in [1.82, 2.24) is 4.98 Å². The molecule has 0 saturated carbocycles. The molecule has 0 aliphatic carbocycles. The molecular formula is C15H26N2. The van der Waals surface area contributed by atoms with Crippen LogP contribution in [0, 0.1) is 0 Å². The molecule has 1 aromatic rings. The third kappa shape index (κ3) is 4.47. The van der Waals surface area contributed by atoms with E-state index in [0.717, 1.165) is 18.5 Å². The van der Waals surface area contributed by atoms with E-state index < -0.39 is 0 Å². The first-order valence-corrected chi connectivity index (χ1v) is 6.93. The van der Waals surface area contributed by atoms with E-state index in [2.05, 4.69) is 26.0 Å². The third-order valence-electron chi connectivity index (χ3n) is 3.12. The molecule has 96 valence electrons. The van der Waals surface area contributed by atoms with Crippen molar-refractivity contribution in [3.05, 3.63) is 29.1 Å². The molecule has 1 unspecified atom stereocenters. The van der Waals surface area contributed by atoms with Gasteiger partial charge in [-0.25, -0.2) is 0 Å². The molecule has 0 spiro atoms. The van der Waals surface area contributed by atoms with E-state index >= 15 is 0 Å². The molecule has 2 N–H and O–H groups in total. The second-order valence-electron chi connectivity index (χ2n) is 4.84. The molecule has 1 aromatic heterocycles. The van der Waals surface area contributed by atoms with Gasteiger partial charge in [0.1, 0.15) is 0 Å². The number of nitrogens with two attached hydrogens (primary N) is 1. The van der Waals surface area contributed by atoms with Gasteiger partial charge >= 0.3 is 0 Å². The fourth-order valence-corrected chi connectivity index (χ4v) is 1.96. The molecular weight excluding hydrogens is 208 g/mol. The summed E-state index contributed by atoms with van der Waals surface area (Å²) in [6.07, 6.45) is 7.17. The molecule has 0 aromatic carbocycles. The first-order valence-electron chi connectivity index (χ1n) is 6.93. The van der Waals surface area contributed by atoms with Crippen molar-refractivity contribution in [3.63, 3.8) is 0 Å². The van der Waals surface area contributed by atoms with Crippen LogP contribution in [0.15, 0.2) is 12.1 Å². The summed E-state index contributed by atoms with van der Waals surface area (Å²) in [6.45, 7) is 6.45. The number of hydrogen-bond donors (Lipinski definition) is 1. The van der Waals surface area contributed by atoms with Crippen LogP contribution in [0.5, 0.6) is 0 Å². The van der Waals surface area contributed by atoms with Gasteiger partial charge in [0.2, 0.25) is 0 Å². The van der Waals surface area contributed by atoms with Crippen LogP contribution in [0.4, 0.5) is 0 Å². The van der Waals surface area contributed by atoms with Crippen LogP contribution >= 0.6 is 0 Å².